The molecular formula is C15H28ClN3. The van der Waals surface area contributed by atoms with Crippen LogP contribution in [0, 0.1) is 0 Å². The van der Waals surface area contributed by atoms with Crippen molar-refractivity contribution in [3.8, 4) is 0 Å². The molecule has 0 amide bonds. The van der Waals surface area contributed by atoms with E-state index < -0.39 is 0 Å². The van der Waals surface area contributed by atoms with Gasteiger partial charge in [-0.3, -0.25) is 0 Å². The Morgan fingerprint density at radius 1 is 0.947 bits per heavy atom. The number of nitrogens with zero attached hydrogens (tertiary/aromatic N) is 2. The normalized spacial score (nSPS) is 14.5. The van der Waals surface area contributed by atoms with Crippen molar-refractivity contribution in [1.82, 2.24) is 15.2 Å². The molecule has 4 heteroatoms. The van der Waals surface area contributed by atoms with Crippen LogP contribution in [0.1, 0.15) is 84.4 Å². The van der Waals surface area contributed by atoms with Gasteiger partial charge < -0.3 is 4.98 Å². The molecule has 0 aliphatic rings. The minimum atomic E-state index is 0.100. The van der Waals surface area contributed by atoms with Gasteiger partial charge in [0.05, 0.1) is 0 Å². The van der Waals surface area contributed by atoms with Crippen LogP contribution in [-0.4, -0.2) is 15.2 Å². The molecule has 0 bridgehead atoms. The maximum absolute atomic E-state index is 5.88. The fourth-order valence-corrected chi connectivity index (χ4v) is 2.71. The average molecular weight is 286 g/mol. The maximum atomic E-state index is 5.88. The third-order valence-electron chi connectivity index (χ3n) is 3.95. The molecule has 1 heterocycles. The highest BCUT2D eigenvalue weighted by Gasteiger charge is 2.29. The lowest BCUT2D eigenvalue weighted by Crippen LogP contribution is -2.24. The lowest BCUT2D eigenvalue weighted by molar-refractivity contribution is 0.348. The second-order valence-electron chi connectivity index (χ2n) is 5.79. The Kier molecular flexibility index (Phi) is 7.44. The van der Waals surface area contributed by atoms with Crippen molar-refractivity contribution in [2.45, 2.75) is 84.0 Å². The van der Waals surface area contributed by atoms with E-state index in [4.69, 9.17) is 11.6 Å². The van der Waals surface area contributed by atoms with Gasteiger partial charge in [0.25, 0.3) is 0 Å². The quantitative estimate of drug-likeness (QED) is 0.595. The van der Waals surface area contributed by atoms with Gasteiger partial charge in [-0.15, -0.1) is 10.2 Å². The predicted octanol–water partition coefficient (Wildman–Crippen LogP) is 5.27. The summed E-state index contributed by atoms with van der Waals surface area (Å²) in [6.45, 7) is 6.78. The SMILES string of the molecule is CCCCCCC(C)(CCCCC)c1nnc(Cl)[nH]1. The molecule has 0 saturated heterocycles. The molecule has 1 unspecified atom stereocenters. The number of unbranched alkanes of at least 4 members (excludes halogenated alkanes) is 5. The van der Waals surface area contributed by atoms with Crippen LogP contribution in [0.4, 0.5) is 0 Å². The Hall–Kier alpha value is -0.570. The summed E-state index contributed by atoms with van der Waals surface area (Å²) in [5.74, 6) is 0.963. The van der Waals surface area contributed by atoms with E-state index in [1.807, 2.05) is 0 Å². The molecule has 0 aromatic carbocycles. The molecule has 0 radical (unpaired) electrons. The molecule has 1 N–H and O–H groups in total. The van der Waals surface area contributed by atoms with Gasteiger partial charge in [-0.05, 0) is 24.4 Å². The molecule has 19 heavy (non-hydrogen) atoms. The summed E-state index contributed by atoms with van der Waals surface area (Å²) in [6, 6.07) is 0. The van der Waals surface area contributed by atoms with Gasteiger partial charge >= 0.3 is 0 Å². The van der Waals surface area contributed by atoms with Gasteiger partial charge in [-0.25, -0.2) is 0 Å². The van der Waals surface area contributed by atoms with E-state index >= 15 is 0 Å². The van der Waals surface area contributed by atoms with E-state index in [0.29, 0.717) is 5.28 Å². The van der Waals surface area contributed by atoms with Gasteiger partial charge in [0.2, 0.25) is 5.28 Å². The first-order valence-corrected chi connectivity index (χ1v) is 8.09. The molecule has 1 atom stereocenters. The lowest BCUT2D eigenvalue weighted by atomic mass is 9.79. The smallest absolute Gasteiger partial charge is 0.222 e. The van der Waals surface area contributed by atoms with Crippen LogP contribution < -0.4 is 0 Å². The number of rotatable bonds is 10. The molecule has 0 spiro atoms. The summed E-state index contributed by atoms with van der Waals surface area (Å²) in [5, 5.41) is 8.55. The highest BCUT2D eigenvalue weighted by atomic mass is 35.5. The second-order valence-corrected chi connectivity index (χ2v) is 6.15. The first-order chi connectivity index (χ1) is 9.12. The minimum Gasteiger partial charge on any atom is -0.315 e. The standard InChI is InChI=1S/C15H28ClN3/c1-4-6-8-10-12-15(3,11-9-7-5-2)13-17-14(16)19-18-13/h4-12H2,1-3H3,(H,17,18,19). The third kappa shape index (κ3) is 5.52. The van der Waals surface area contributed by atoms with E-state index in [-0.39, 0.29) is 5.41 Å². The summed E-state index contributed by atoms with van der Waals surface area (Å²) < 4.78 is 0. The highest BCUT2D eigenvalue weighted by molar-refractivity contribution is 6.28. The van der Waals surface area contributed by atoms with Gasteiger partial charge in [-0.2, -0.15) is 0 Å². The van der Waals surface area contributed by atoms with Crippen molar-refractivity contribution in [3.63, 3.8) is 0 Å². The van der Waals surface area contributed by atoms with Crippen molar-refractivity contribution < 1.29 is 0 Å². The van der Waals surface area contributed by atoms with Crippen molar-refractivity contribution in [1.29, 1.82) is 0 Å². The number of nitrogens with one attached hydrogen (secondary N) is 1. The van der Waals surface area contributed by atoms with Crippen LogP contribution in [0.15, 0.2) is 0 Å². The minimum absolute atomic E-state index is 0.100. The number of aromatic amines is 1. The van der Waals surface area contributed by atoms with E-state index in [2.05, 4.69) is 36.0 Å². The first kappa shape index (κ1) is 16.5. The van der Waals surface area contributed by atoms with Crippen LogP contribution in [-0.2, 0) is 5.41 Å². The maximum Gasteiger partial charge on any atom is 0.222 e. The number of H-pyrrole nitrogens is 1. The zero-order valence-electron chi connectivity index (χ0n) is 12.6. The Labute approximate surface area is 122 Å². The van der Waals surface area contributed by atoms with Crippen molar-refractivity contribution in [3.05, 3.63) is 11.1 Å². The van der Waals surface area contributed by atoms with Gasteiger partial charge in [-0.1, -0.05) is 65.7 Å². The predicted molar refractivity (Wildman–Crippen MR) is 81.6 cm³/mol. The second kappa shape index (κ2) is 8.57. The lowest BCUT2D eigenvalue weighted by Gasteiger charge is -2.27. The summed E-state index contributed by atoms with van der Waals surface area (Å²) in [6.07, 6.45) is 11.3. The summed E-state index contributed by atoms with van der Waals surface area (Å²) >= 11 is 5.88. The van der Waals surface area contributed by atoms with Crippen LogP contribution in [0.2, 0.25) is 5.28 Å². The number of hydrogen-bond acceptors (Lipinski definition) is 2. The third-order valence-corrected chi connectivity index (χ3v) is 4.12. The van der Waals surface area contributed by atoms with Crippen LogP contribution in [0.5, 0.6) is 0 Å². The van der Waals surface area contributed by atoms with Gasteiger partial charge in [0.15, 0.2) is 0 Å². The Balaban J connectivity index is 2.60. The Morgan fingerprint density at radius 2 is 1.53 bits per heavy atom. The van der Waals surface area contributed by atoms with Crippen molar-refractivity contribution in [2.75, 3.05) is 0 Å². The summed E-state index contributed by atoms with van der Waals surface area (Å²) in [5.41, 5.74) is 0.100. The molecule has 1 aromatic rings. The number of halogens is 1. The summed E-state index contributed by atoms with van der Waals surface area (Å²) in [7, 11) is 0. The molecule has 0 fully saturated rings. The fraction of sp³-hybridized carbons (Fsp3) is 0.867. The van der Waals surface area contributed by atoms with Crippen LogP contribution in [0.3, 0.4) is 0 Å². The van der Waals surface area contributed by atoms with E-state index in [1.54, 1.807) is 0 Å². The van der Waals surface area contributed by atoms with E-state index in [9.17, 15) is 0 Å². The molecule has 110 valence electrons. The first-order valence-electron chi connectivity index (χ1n) is 7.71. The molecule has 0 aliphatic heterocycles. The fourth-order valence-electron chi connectivity index (χ4n) is 2.58. The summed E-state index contributed by atoms with van der Waals surface area (Å²) in [4.78, 5) is 3.13. The van der Waals surface area contributed by atoms with Gasteiger partial charge in [0.1, 0.15) is 5.82 Å². The van der Waals surface area contributed by atoms with Crippen molar-refractivity contribution in [2.24, 2.45) is 0 Å². The Morgan fingerprint density at radius 3 is 2.05 bits per heavy atom. The number of hydrogen-bond donors (Lipinski definition) is 1. The molecule has 0 saturated carbocycles. The highest BCUT2D eigenvalue weighted by Crippen LogP contribution is 2.33. The average Bonchev–Trinajstić information content (AvgIpc) is 2.82. The molecule has 1 rings (SSSR count). The van der Waals surface area contributed by atoms with E-state index in [0.717, 1.165) is 5.82 Å². The molecule has 0 aliphatic carbocycles. The zero-order chi connectivity index (χ0) is 14.1. The molecule has 1 aromatic heterocycles. The van der Waals surface area contributed by atoms with E-state index in [1.165, 1.54) is 57.8 Å². The van der Waals surface area contributed by atoms with Crippen LogP contribution >= 0.6 is 11.6 Å². The van der Waals surface area contributed by atoms with Crippen molar-refractivity contribution >= 4 is 11.6 Å². The van der Waals surface area contributed by atoms with Crippen LogP contribution in [0.25, 0.3) is 0 Å². The molecule has 3 nitrogen and oxygen atoms in total. The topological polar surface area (TPSA) is 41.6 Å². The van der Waals surface area contributed by atoms with Gasteiger partial charge in [0, 0.05) is 5.41 Å². The Bertz CT molecular complexity index is 351. The molecular weight excluding hydrogens is 258 g/mol. The number of aromatic nitrogens is 3. The monoisotopic (exact) mass is 285 g/mol. The zero-order valence-corrected chi connectivity index (χ0v) is 13.4. The largest absolute Gasteiger partial charge is 0.315 e.